The van der Waals surface area contributed by atoms with Crippen molar-refractivity contribution in [2.24, 2.45) is 5.16 Å². The number of rotatable bonds is 6. The first-order valence-electron chi connectivity index (χ1n) is 8.79. The highest BCUT2D eigenvalue weighted by atomic mass is 16.6. The van der Waals surface area contributed by atoms with E-state index < -0.39 is 0 Å². The third-order valence-corrected chi connectivity index (χ3v) is 4.36. The molecule has 1 aliphatic rings. The van der Waals surface area contributed by atoms with Gasteiger partial charge in [-0.25, -0.2) is 0 Å². The van der Waals surface area contributed by atoms with Crippen LogP contribution in [0.4, 0.5) is 5.82 Å². The van der Waals surface area contributed by atoms with Crippen LogP contribution >= 0.6 is 0 Å². The number of oxime groups is 1. The average Bonchev–Trinajstić information content (AvgIpc) is 3.38. The smallest absolute Gasteiger partial charge is 0.274 e. The Morgan fingerprint density at radius 1 is 1.15 bits per heavy atom. The van der Waals surface area contributed by atoms with Crippen LogP contribution in [-0.2, 0) is 22.6 Å². The highest BCUT2D eigenvalue weighted by molar-refractivity contribution is 6.43. The summed E-state index contributed by atoms with van der Waals surface area (Å²) in [5.74, 6) is 0.216. The number of benzene rings is 1. The van der Waals surface area contributed by atoms with E-state index in [1.807, 2.05) is 48.7 Å². The molecule has 2 aromatic heterocycles. The molecule has 27 heavy (non-hydrogen) atoms. The summed E-state index contributed by atoms with van der Waals surface area (Å²) in [7, 11) is 0. The van der Waals surface area contributed by atoms with Gasteiger partial charge in [0.25, 0.3) is 5.91 Å². The number of pyridine rings is 1. The first-order valence-corrected chi connectivity index (χ1v) is 8.79. The van der Waals surface area contributed by atoms with Gasteiger partial charge in [0.15, 0.2) is 11.9 Å². The molecule has 1 amide bonds. The van der Waals surface area contributed by atoms with Crippen LogP contribution in [0.1, 0.15) is 23.7 Å². The molecular formula is C20H19N5O2. The zero-order valence-electron chi connectivity index (χ0n) is 14.7. The molecule has 0 unspecified atom stereocenters. The van der Waals surface area contributed by atoms with Gasteiger partial charge in [0.1, 0.15) is 5.71 Å². The Balaban J connectivity index is 1.31. The van der Waals surface area contributed by atoms with Gasteiger partial charge in [-0.2, -0.15) is 5.10 Å². The summed E-state index contributed by atoms with van der Waals surface area (Å²) in [5.41, 5.74) is 2.56. The van der Waals surface area contributed by atoms with Gasteiger partial charge in [0.05, 0.1) is 0 Å². The standard InChI is InChI=1S/C20H19N5O2/c26-20(17-14-18(27-24-17)16-4-2-1-3-5-16)22-19-9-13-25(23-19)12-8-15-6-10-21-11-7-15/h1-7,9-11,13,18H,8,12,14H2,(H,22,23,26)/t18-/m1/s1. The van der Waals surface area contributed by atoms with E-state index in [2.05, 4.69) is 20.6 Å². The first kappa shape index (κ1) is 17.0. The molecule has 0 aliphatic carbocycles. The lowest BCUT2D eigenvalue weighted by molar-refractivity contribution is -0.110. The maximum atomic E-state index is 12.4. The molecule has 7 nitrogen and oxygen atoms in total. The van der Waals surface area contributed by atoms with E-state index in [1.54, 1.807) is 23.1 Å². The summed E-state index contributed by atoms with van der Waals surface area (Å²) in [5, 5.41) is 11.1. The van der Waals surface area contributed by atoms with Crippen LogP contribution in [0, 0.1) is 0 Å². The van der Waals surface area contributed by atoms with Gasteiger partial charge in [-0.15, -0.1) is 0 Å². The lowest BCUT2D eigenvalue weighted by atomic mass is 10.0. The average molecular weight is 361 g/mol. The lowest BCUT2D eigenvalue weighted by Gasteiger charge is -2.07. The van der Waals surface area contributed by atoms with Crippen LogP contribution in [-0.4, -0.2) is 26.4 Å². The number of amides is 1. The number of nitrogens with one attached hydrogen (secondary N) is 1. The minimum absolute atomic E-state index is 0.218. The molecule has 0 bridgehead atoms. The highest BCUT2D eigenvalue weighted by Crippen LogP contribution is 2.27. The molecule has 136 valence electrons. The fourth-order valence-electron chi connectivity index (χ4n) is 2.89. The second-order valence-electron chi connectivity index (χ2n) is 6.27. The second-order valence-corrected chi connectivity index (χ2v) is 6.27. The van der Waals surface area contributed by atoms with E-state index in [4.69, 9.17) is 4.84 Å². The summed E-state index contributed by atoms with van der Waals surface area (Å²) in [6.07, 6.45) is 6.46. The van der Waals surface area contributed by atoms with E-state index >= 15 is 0 Å². The van der Waals surface area contributed by atoms with Crippen LogP contribution in [0.5, 0.6) is 0 Å². The Labute approximate surface area is 156 Å². The van der Waals surface area contributed by atoms with Crippen molar-refractivity contribution in [2.75, 3.05) is 5.32 Å². The number of carbonyl (C=O) groups excluding carboxylic acids is 1. The van der Waals surface area contributed by atoms with Crippen molar-refractivity contribution in [3.63, 3.8) is 0 Å². The van der Waals surface area contributed by atoms with Gasteiger partial charge in [-0.05, 0) is 29.7 Å². The van der Waals surface area contributed by atoms with Crippen molar-refractivity contribution in [2.45, 2.75) is 25.5 Å². The van der Waals surface area contributed by atoms with E-state index in [0.29, 0.717) is 18.0 Å². The van der Waals surface area contributed by atoms with Crippen molar-refractivity contribution < 1.29 is 9.63 Å². The fourth-order valence-corrected chi connectivity index (χ4v) is 2.89. The zero-order chi connectivity index (χ0) is 18.5. The predicted molar refractivity (Wildman–Crippen MR) is 101 cm³/mol. The SMILES string of the molecule is O=C(Nc1ccn(CCc2ccncc2)n1)C1=NO[C@@H](c2ccccc2)C1. The normalized spacial score (nSPS) is 15.9. The van der Waals surface area contributed by atoms with Gasteiger partial charge < -0.3 is 10.2 Å². The van der Waals surface area contributed by atoms with E-state index in [1.165, 1.54) is 5.56 Å². The number of aromatic nitrogens is 3. The summed E-state index contributed by atoms with van der Waals surface area (Å²) in [6.45, 7) is 0.722. The Hall–Kier alpha value is -3.48. The van der Waals surface area contributed by atoms with Crippen molar-refractivity contribution in [3.8, 4) is 0 Å². The Kier molecular flexibility index (Phi) is 4.91. The monoisotopic (exact) mass is 361 g/mol. The molecule has 1 aromatic carbocycles. The van der Waals surface area contributed by atoms with Gasteiger partial charge in [0.2, 0.25) is 0 Å². The topological polar surface area (TPSA) is 81.4 Å². The Bertz CT molecular complexity index is 937. The minimum Gasteiger partial charge on any atom is -0.387 e. The molecule has 1 atom stereocenters. The number of hydrogen-bond donors (Lipinski definition) is 1. The summed E-state index contributed by atoms with van der Waals surface area (Å²) in [4.78, 5) is 21.8. The van der Waals surface area contributed by atoms with Crippen molar-refractivity contribution in [1.82, 2.24) is 14.8 Å². The minimum atomic E-state index is -0.284. The molecule has 4 rings (SSSR count). The maximum Gasteiger partial charge on any atom is 0.274 e. The van der Waals surface area contributed by atoms with Crippen molar-refractivity contribution >= 4 is 17.4 Å². The predicted octanol–water partition coefficient (Wildman–Crippen LogP) is 2.98. The number of nitrogens with zero attached hydrogens (tertiary/aromatic N) is 4. The quantitative estimate of drug-likeness (QED) is 0.732. The van der Waals surface area contributed by atoms with Crippen LogP contribution < -0.4 is 5.32 Å². The van der Waals surface area contributed by atoms with E-state index in [9.17, 15) is 4.79 Å². The fraction of sp³-hybridized carbons (Fsp3) is 0.200. The molecule has 0 saturated heterocycles. The molecule has 0 saturated carbocycles. The zero-order valence-corrected chi connectivity index (χ0v) is 14.7. The van der Waals surface area contributed by atoms with Crippen LogP contribution in [0.2, 0.25) is 0 Å². The van der Waals surface area contributed by atoms with Crippen LogP contribution in [0.25, 0.3) is 0 Å². The van der Waals surface area contributed by atoms with Crippen LogP contribution in [0.15, 0.2) is 72.3 Å². The molecule has 3 aromatic rings. The van der Waals surface area contributed by atoms with Crippen molar-refractivity contribution in [1.29, 1.82) is 0 Å². The van der Waals surface area contributed by atoms with Crippen molar-refractivity contribution in [3.05, 3.63) is 78.2 Å². The van der Waals surface area contributed by atoms with Crippen LogP contribution in [0.3, 0.4) is 0 Å². The maximum absolute atomic E-state index is 12.4. The number of anilines is 1. The summed E-state index contributed by atoms with van der Waals surface area (Å²) >= 11 is 0. The second kappa shape index (κ2) is 7.82. The molecule has 1 aliphatic heterocycles. The van der Waals surface area contributed by atoms with Gasteiger partial charge in [0, 0.05) is 37.6 Å². The summed E-state index contributed by atoms with van der Waals surface area (Å²) < 4.78 is 1.80. The lowest BCUT2D eigenvalue weighted by Crippen LogP contribution is -2.22. The Morgan fingerprint density at radius 2 is 1.96 bits per heavy atom. The third kappa shape index (κ3) is 4.20. The highest BCUT2D eigenvalue weighted by Gasteiger charge is 2.27. The summed E-state index contributed by atoms with van der Waals surface area (Å²) in [6, 6.07) is 15.5. The molecule has 7 heteroatoms. The number of carbonyl (C=O) groups is 1. The van der Waals surface area contributed by atoms with Gasteiger partial charge in [-0.1, -0.05) is 35.5 Å². The molecule has 1 N–H and O–H groups in total. The largest absolute Gasteiger partial charge is 0.387 e. The van der Waals surface area contributed by atoms with Gasteiger partial charge >= 0.3 is 0 Å². The number of aryl methyl sites for hydroxylation is 2. The molecular weight excluding hydrogens is 342 g/mol. The molecule has 0 spiro atoms. The molecule has 0 fully saturated rings. The number of hydrogen-bond acceptors (Lipinski definition) is 5. The molecule has 3 heterocycles. The van der Waals surface area contributed by atoms with E-state index in [0.717, 1.165) is 18.5 Å². The first-order chi connectivity index (χ1) is 13.3. The van der Waals surface area contributed by atoms with E-state index in [-0.39, 0.29) is 12.0 Å². The van der Waals surface area contributed by atoms with Gasteiger partial charge in [-0.3, -0.25) is 14.5 Å². The third-order valence-electron chi connectivity index (χ3n) is 4.36. The molecule has 0 radical (unpaired) electrons. The Morgan fingerprint density at radius 3 is 2.78 bits per heavy atom.